The third-order valence-electron chi connectivity index (χ3n) is 6.67. The minimum absolute atomic E-state index is 0.284. The van der Waals surface area contributed by atoms with Gasteiger partial charge in [-0.05, 0) is 55.2 Å². The molecule has 34 heavy (non-hydrogen) atoms. The van der Waals surface area contributed by atoms with Gasteiger partial charge >= 0.3 is 0 Å². The van der Waals surface area contributed by atoms with Crippen LogP contribution < -0.4 is 0 Å². The standard InChI is InChI=1S/C29H42ClN3O/c1-3-4-5-6-7-8-9-10-11-12-13-14-15-16-17-24-20-23(2)21-28(29(24)34)33-31-26-19-18-25(30)22-27(26)32-33/h18-22,34H,3-17H2,1-2H3. The van der Waals surface area contributed by atoms with Crippen LogP contribution >= 0.6 is 11.6 Å². The fraction of sp³-hybridized carbons (Fsp3) is 0.586. The van der Waals surface area contributed by atoms with Gasteiger partial charge in [0, 0.05) is 5.02 Å². The zero-order valence-electron chi connectivity index (χ0n) is 21.2. The zero-order chi connectivity index (χ0) is 24.2. The van der Waals surface area contributed by atoms with Gasteiger partial charge in [-0.2, -0.15) is 0 Å². The maximum atomic E-state index is 10.9. The van der Waals surface area contributed by atoms with Crippen molar-refractivity contribution in [3.8, 4) is 11.4 Å². The second kappa shape index (κ2) is 14.4. The average molecular weight is 484 g/mol. The zero-order valence-corrected chi connectivity index (χ0v) is 21.9. The molecule has 5 heteroatoms. The molecule has 2 aromatic carbocycles. The summed E-state index contributed by atoms with van der Waals surface area (Å²) in [6, 6.07) is 9.47. The van der Waals surface area contributed by atoms with Crippen LogP contribution in [0, 0.1) is 6.92 Å². The molecule has 0 saturated heterocycles. The van der Waals surface area contributed by atoms with Crippen LogP contribution in [0.4, 0.5) is 0 Å². The number of phenols is 1. The van der Waals surface area contributed by atoms with Crippen LogP contribution in [0.1, 0.15) is 108 Å². The van der Waals surface area contributed by atoms with Crippen LogP contribution in [0.2, 0.25) is 5.02 Å². The molecule has 186 valence electrons. The number of aromatic nitrogens is 3. The third kappa shape index (κ3) is 8.30. The lowest BCUT2D eigenvalue weighted by Crippen LogP contribution is -2.02. The SMILES string of the molecule is CCCCCCCCCCCCCCCCc1cc(C)cc(-n2nc3ccc(Cl)cc3n2)c1O. The fourth-order valence-corrected chi connectivity index (χ4v) is 4.85. The summed E-state index contributed by atoms with van der Waals surface area (Å²) in [6.07, 6.45) is 19.8. The predicted octanol–water partition coefficient (Wildman–Crippen LogP) is 9.11. The third-order valence-corrected chi connectivity index (χ3v) is 6.91. The number of hydrogen-bond donors (Lipinski definition) is 1. The van der Waals surface area contributed by atoms with Crippen molar-refractivity contribution in [3.63, 3.8) is 0 Å². The quantitative estimate of drug-likeness (QED) is 0.206. The number of benzene rings is 2. The van der Waals surface area contributed by atoms with E-state index < -0.39 is 0 Å². The van der Waals surface area contributed by atoms with Gasteiger partial charge in [0.1, 0.15) is 22.5 Å². The highest BCUT2D eigenvalue weighted by molar-refractivity contribution is 6.31. The summed E-state index contributed by atoms with van der Waals surface area (Å²) in [7, 11) is 0. The molecule has 0 aliphatic carbocycles. The lowest BCUT2D eigenvalue weighted by atomic mass is 10.0. The van der Waals surface area contributed by atoms with Crippen molar-refractivity contribution >= 4 is 22.6 Å². The molecule has 0 amide bonds. The van der Waals surface area contributed by atoms with Crippen molar-refractivity contribution in [1.82, 2.24) is 15.0 Å². The highest BCUT2D eigenvalue weighted by atomic mass is 35.5. The summed E-state index contributed by atoms with van der Waals surface area (Å²) in [6.45, 7) is 4.33. The van der Waals surface area contributed by atoms with Crippen LogP contribution in [-0.4, -0.2) is 20.1 Å². The van der Waals surface area contributed by atoms with Crippen molar-refractivity contribution in [2.75, 3.05) is 0 Å². The number of halogens is 1. The second-order valence-electron chi connectivity index (χ2n) is 9.76. The van der Waals surface area contributed by atoms with Crippen molar-refractivity contribution in [1.29, 1.82) is 0 Å². The van der Waals surface area contributed by atoms with Crippen molar-refractivity contribution in [2.24, 2.45) is 0 Å². The first-order chi connectivity index (χ1) is 16.6. The first-order valence-corrected chi connectivity index (χ1v) is 13.8. The molecule has 0 aliphatic heterocycles. The molecule has 0 fully saturated rings. The monoisotopic (exact) mass is 483 g/mol. The highest BCUT2D eigenvalue weighted by Gasteiger charge is 2.14. The molecule has 1 aromatic heterocycles. The van der Waals surface area contributed by atoms with Gasteiger partial charge in [0.15, 0.2) is 0 Å². The predicted molar refractivity (Wildman–Crippen MR) is 144 cm³/mol. The number of aryl methyl sites for hydroxylation is 2. The number of unbranched alkanes of at least 4 members (excludes halogenated alkanes) is 13. The molecule has 0 unspecified atom stereocenters. The number of phenolic OH excluding ortho intramolecular Hbond substituents is 1. The molecule has 1 heterocycles. The Balaban J connectivity index is 1.36. The average Bonchev–Trinajstić information content (AvgIpc) is 3.24. The molecule has 0 radical (unpaired) electrons. The maximum Gasteiger partial charge on any atom is 0.146 e. The van der Waals surface area contributed by atoms with E-state index in [0.717, 1.165) is 35.0 Å². The number of fused-ring (bicyclic) bond motifs is 1. The fourth-order valence-electron chi connectivity index (χ4n) is 4.68. The van der Waals surface area contributed by atoms with E-state index in [4.69, 9.17) is 11.6 Å². The molecule has 1 N–H and O–H groups in total. The van der Waals surface area contributed by atoms with Gasteiger partial charge in [-0.1, -0.05) is 108 Å². The number of rotatable bonds is 16. The van der Waals surface area contributed by atoms with Gasteiger partial charge in [-0.25, -0.2) is 0 Å². The van der Waals surface area contributed by atoms with Gasteiger partial charge in [-0.3, -0.25) is 0 Å². The summed E-state index contributed by atoms with van der Waals surface area (Å²) in [5, 5.41) is 20.6. The van der Waals surface area contributed by atoms with Crippen molar-refractivity contribution in [3.05, 3.63) is 46.5 Å². The lowest BCUT2D eigenvalue weighted by Gasteiger charge is -2.11. The molecule has 4 nitrogen and oxygen atoms in total. The van der Waals surface area contributed by atoms with E-state index in [2.05, 4.69) is 30.1 Å². The van der Waals surface area contributed by atoms with Gasteiger partial charge < -0.3 is 5.11 Å². The Morgan fingerprint density at radius 1 is 0.735 bits per heavy atom. The van der Waals surface area contributed by atoms with Crippen molar-refractivity contribution in [2.45, 2.75) is 110 Å². The Kier molecular flexibility index (Phi) is 11.2. The Labute approximate surface area is 210 Å². The summed E-state index contributed by atoms with van der Waals surface area (Å²) in [5.74, 6) is 0.284. The van der Waals surface area contributed by atoms with E-state index in [1.807, 2.05) is 12.1 Å². The maximum absolute atomic E-state index is 10.9. The topological polar surface area (TPSA) is 50.9 Å². The van der Waals surface area contributed by atoms with Gasteiger partial charge in [0.2, 0.25) is 0 Å². The first-order valence-electron chi connectivity index (χ1n) is 13.4. The Hall–Kier alpha value is -2.07. The van der Waals surface area contributed by atoms with E-state index in [9.17, 15) is 5.11 Å². The molecular formula is C29H42ClN3O. The van der Waals surface area contributed by atoms with E-state index in [-0.39, 0.29) is 5.75 Å². The molecule has 3 aromatic rings. The summed E-state index contributed by atoms with van der Waals surface area (Å²) in [4.78, 5) is 1.53. The van der Waals surface area contributed by atoms with Gasteiger partial charge in [0.25, 0.3) is 0 Å². The van der Waals surface area contributed by atoms with Crippen molar-refractivity contribution < 1.29 is 5.11 Å². The minimum Gasteiger partial charge on any atom is -0.505 e. The smallest absolute Gasteiger partial charge is 0.146 e. The summed E-state index contributed by atoms with van der Waals surface area (Å²) >= 11 is 6.08. The van der Waals surface area contributed by atoms with E-state index in [1.54, 1.807) is 12.1 Å². The Morgan fingerprint density at radius 3 is 1.91 bits per heavy atom. The first kappa shape index (κ1) is 26.5. The second-order valence-corrected chi connectivity index (χ2v) is 10.2. The molecule has 0 bridgehead atoms. The van der Waals surface area contributed by atoms with E-state index in [0.29, 0.717) is 10.7 Å². The molecule has 0 atom stereocenters. The minimum atomic E-state index is 0.284. The molecule has 3 rings (SSSR count). The summed E-state index contributed by atoms with van der Waals surface area (Å²) in [5.41, 5.74) is 4.20. The van der Waals surface area contributed by atoms with Crippen LogP contribution in [-0.2, 0) is 6.42 Å². The number of nitrogens with zero attached hydrogens (tertiary/aromatic N) is 3. The Morgan fingerprint density at radius 2 is 1.29 bits per heavy atom. The van der Waals surface area contributed by atoms with Crippen LogP contribution in [0.25, 0.3) is 16.7 Å². The van der Waals surface area contributed by atoms with Gasteiger partial charge in [-0.15, -0.1) is 15.0 Å². The highest BCUT2D eigenvalue weighted by Crippen LogP contribution is 2.30. The van der Waals surface area contributed by atoms with Crippen LogP contribution in [0.5, 0.6) is 5.75 Å². The normalized spacial score (nSPS) is 11.5. The van der Waals surface area contributed by atoms with E-state index in [1.165, 1.54) is 88.3 Å². The van der Waals surface area contributed by atoms with E-state index >= 15 is 0 Å². The molecular weight excluding hydrogens is 442 g/mol. The molecule has 0 spiro atoms. The van der Waals surface area contributed by atoms with Crippen LogP contribution in [0.15, 0.2) is 30.3 Å². The number of aromatic hydroxyl groups is 1. The van der Waals surface area contributed by atoms with Crippen LogP contribution in [0.3, 0.4) is 0 Å². The Bertz CT molecular complexity index is 1010. The summed E-state index contributed by atoms with van der Waals surface area (Å²) < 4.78 is 0. The number of hydrogen-bond acceptors (Lipinski definition) is 3. The largest absolute Gasteiger partial charge is 0.505 e. The molecule has 0 saturated carbocycles. The molecule has 0 aliphatic rings. The lowest BCUT2D eigenvalue weighted by molar-refractivity contribution is 0.458. The van der Waals surface area contributed by atoms with Gasteiger partial charge in [0.05, 0.1) is 0 Å².